The highest BCUT2D eigenvalue weighted by Gasteiger charge is 2.45. The number of piperidine rings is 1. The molecule has 2 amide bonds. The lowest BCUT2D eigenvalue weighted by Crippen LogP contribution is -2.67. The Morgan fingerprint density at radius 2 is 2.04 bits per heavy atom. The van der Waals surface area contributed by atoms with Crippen LogP contribution in [0.25, 0.3) is 0 Å². The zero-order valence-electron chi connectivity index (χ0n) is 15.1. The third-order valence-corrected chi connectivity index (χ3v) is 5.52. The van der Waals surface area contributed by atoms with Crippen LogP contribution in [0, 0.1) is 5.82 Å². The van der Waals surface area contributed by atoms with Crippen molar-refractivity contribution in [2.45, 2.75) is 24.9 Å². The van der Waals surface area contributed by atoms with E-state index in [1.807, 2.05) is 11.9 Å². The van der Waals surface area contributed by atoms with Gasteiger partial charge in [0.2, 0.25) is 5.91 Å². The van der Waals surface area contributed by atoms with E-state index in [4.69, 9.17) is 0 Å². The lowest BCUT2D eigenvalue weighted by Gasteiger charge is -2.50. The van der Waals surface area contributed by atoms with E-state index in [1.165, 1.54) is 12.1 Å². The molecule has 1 fully saturated rings. The summed E-state index contributed by atoms with van der Waals surface area (Å²) >= 11 is 0. The van der Waals surface area contributed by atoms with E-state index in [2.05, 4.69) is 10.3 Å². The molecule has 3 heterocycles. The number of nitrogens with zero attached hydrogens (tertiary/aromatic N) is 3. The number of carbonyl (C=O) groups is 2. The first-order valence-electron chi connectivity index (χ1n) is 9.02. The van der Waals surface area contributed by atoms with E-state index in [1.54, 1.807) is 35.4 Å². The topological polar surface area (TPSA) is 65.5 Å². The zero-order valence-corrected chi connectivity index (χ0v) is 15.1. The third kappa shape index (κ3) is 3.13. The smallest absolute Gasteiger partial charge is 0.256 e. The number of carbonyl (C=O) groups excluding carboxylic acids is 2. The number of amides is 2. The van der Waals surface area contributed by atoms with Crippen molar-refractivity contribution in [3.8, 4) is 0 Å². The van der Waals surface area contributed by atoms with Crippen LogP contribution in [0.4, 0.5) is 10.2 Å². The van der Waals surface area contributed by atoms with Crippen LogP contribution in [-0.2, 0) is 11.2 Å². The summed E-state index contributed by atoms with van der Waals surface area (Å²) in [5.41, 5.74) is 0.699. The molecular formula is C20H21FN4O2. The van der Waals surface area contributed by atoms with Crippen molar-refractivity contribution in [3.63, 3.8) is 0 Å². The molecule has 2 aliphatic heterocycles. The molecule has 6 nitrogen and oxygen atoms in total. The Morgan fingerprint density at radius 1 is 1.26 bits per heavy atom. The molecule has 1 aromatic heterocycles. The molecule has 0 saturated carbocycles. The second-order valence-corrected chi connectivity index (χ2v) is 7.11. The van der Waals surface area contributed by atoms with Crippen LogP contribution in [0.1, 0.15) is 28.8 Å². The summed E-state index contributed by atoms with van der Waals surface area (Å²) in [7, 11) is 1.93. The van der Waals surface area contributed by atoms with Crippen LogP contribution in [0.2, 0.25) is 0 Å². The molecule has 2 aromatic rings. The minimum atomic E-state index is -0.534. The second kappa shape index (κ2) is 6.64. The predicted molar refractivity (Wildman–Crippen MR) is 98.8 cm³/mol. The number of nitrogens with one attached hydrogen (secondary N) is 1. The molecule has 0 unspecified atom stereocenters. The molecule has 4 rings (SSSR count). The summed E-state index contributed by atoms with van der Waals surface area (Å²) in [5.74, 6) is 0.172. The number of hydrogen-bond donors (Lipinski definition) is 1. The van der Waals surface area contributed by atoms with Crippen LogP contribution in [-0.4, -0.2) is 47.5 Å². The Kier molecular flexibility index (Phi) is 4.30. The summed E-state index contributed by atoms with van der Waals surface area (Å²) in [4.78, 5) is 33.2. The maximum atomic E-state index is 13.3. The van der Waals surface area contributed by atoms with Gasteiger partial charge in [-0.2, -0.15) is 0 Å². The van der Waals surface area contributed by atoms with Crippen molar-refractivity contribution in [1.82, 2.24) is 15.2 Å². The molecule has 1 aromatic carbocycles. The molecular weight excluding hydrogens is 347 g/mol. The minimum absolute atomic E-state index is 0.0289. The van der Waals surface area contributed by atoms with E-state index in [0.29, 0.717) is 42.9 Å². The van der Waals surface area contributed by atoms with E-state index in [-0.39, 0.29) is 24.1 Å². The van der Waals surface area contributed by atoms with E-state index >= 15 is 0 Å². The highest BCUT2D eigenvalue weighted by molar-refractivity contribution is 6.01. The van der Waals surface area contributed by atoms with Crippen LogP contribution in [0.5, 0.6) is 0 Å². The van der Waals surface area contributed by atoms with Gasteiger partial charge in [0.25, 0.3) is 5.91 Å². The van der Waals surface area contributed by atoms with Gasteiger partial charge in [0.15, 0.2) is 0 Å². The number of likely N-dealkylation sites (tertiary alicyclic amines) is 1. The van der Waals surface area contributed by atoms with Crippen molar-refractivity contribution < 1.29 is 14.0 Å². The van der Waals surface area contributed by atoms with Gasteiger partial charge in [-0.3, -0.25) is 9.59 Å². The Hall–Kier alpha value is -2.96. The number of pyridine rings is 1. The van der Waals surface area contributed by atoms with Crippen molar-refractivity contribution in [3.05, 3.63) is 59.5 Å². The maximum Gasteiger partial charge on any atom is 0.256 e. The molecule has 140 valence electrons. The first-order chi connectivity index (χ1) is 13.0. The Morgan fingerprint density at radius 3 is 2.78 bits per heavy atom. The zero-order chi connectivity index (χ0) is 19.0. The summed E-state index contributed by atoms with van der Waals surface area (Å²) < 4.78 is 13.3. The van der Waals surface area contributed by atoms with Gasteiger partial charge in [-0.05, 0) is 29.8 Å². The number of halogens is 1. The predicted octanol–water partition coefficient (Wildman–Crippen LogP) is 1.96. The van der Waals surface area contributed by atoms with Crippen molar-refractivity contribution in [1.29, 1.82) is 0 Å². The van der Waals surface area contributed by atoms with Gasteiger partial charge in [-0.25, -0.2) is 9.37 Å². The van der Waals surface area contributed by atoms with Crippen molar-refractivity contribution >= 4 is 17.6 Å². The average Bonchev–Trinajstić information content (AvgIpc) is 2.67. The first kappa shape index (κ1) is 17.5. The third-order valence-electron chi connectivity index (χ3n) is 5.52. The maximum absolute atomic E-state index is 13.3. The number of benzene rings is 1. The largest absolute Gasteiger partial charge is 0.342 e. The van der Waals surface area contributed by atoms with Crippen molar-refractivity contribution in [2.24, 2.45) is 0 Å². The molecule has 1 spiro atoms. The van der Waals surface area contributed by atoms with E-state index < -0.39 is 5.66 Å². The van der Waals surface area contributed by atoms with Gasteiger partial charge in [-0.1, -0.05) is 12.1 Å². The highest BCUT2D eigenvalue weighted by Crippen LogP contribution is 2.34. The SMILES string of the molecule is CN1c2ncccc2C(=O)NC12CCN(C(=O)Cc1cccc(F)c1)CC2. The van der Waals surface area contributed by atoms with Gasteiger partial charge >= 0.3 is 0 Å². The summed E-state index contributed by atoms with van der Waals surface area (Å²) in [6.07, 6.45) is 3.08. The molecule has 0 bridgehead atoms. The minimum Gasteiger partial charge on any atom is -0.342 e. The molecule has 0 atom stereocenters. The van der Waals surface area contributed by atoms with Crippen LogP contribution >= 0.6 is 0 Å². The van der Waals surface area contributed by atoms with Crippen LogP contribution in [0.15, 0.2) is 42.6 Å². The number of rotatable bonds is 2. The molecule has 0 radical (unpaired) electrons. The first-order valence-corrected chi connectivity index (χ1v) is 9.02. The van der Waals surface area contributed by atoms with E-state index in [0.717, 1.165) is 0 Å². The summed E-state index contributed by atoms with van der Waals surface area (Å²) in [6, 6.07) is 9.63. The highest BCUT2D eigenvalue weighted by atomic mass is 19.1. The lowest BCUT2D eigenvalue weighted by molar-refractivity contribution is -0.132. The van der Waals surface area contributed by atoms with Gasteiger partial charge in [0.05, 0.1) is 12.0 Å². The number of aromatic nitrogens is 1. The molecule has 1 N–H and O–H groups in total. The fourth-order valence-electron chi connectivity index (χ4n) is 3.93. The molecule has 7 heteroatoms. The van der Waals surface area contributed by atoms with Crippen LogP contribution < -0.4 is 10.2 Å². The number of fused-ring (bicyclic) bond motifs is 1. The van der Waals surface area contributed by atoms with Gasteiger partial charge in [-0.15, -0.1) is 0 Å². The molecule has 1 saturated heterocycles. The molecule has 27 heavy (non-hydrogen) atoms. The van der Waals surface area contributed by atoms with Gasteiger partial charge in [0.1, 0.15) is 17.3 Å². The Labute approximate surface area is 157 Å². The fraction of sp³-hybridized carbons (Fsp3) is 0.350. The Balaban J connectivity index is 1.46. The average molecular weight is 368 g/mol. The molecule has 0 aliphatic carbocycles. The second-order valence-electron chi connectivity index (χ2n) is 7.11. The van der Waals surface area contributed by atoms with Gasteiger partial charge < -0.3 is 15.1 Å². The summed E-state index contributed by atoms with van der Waals surface area (Å²) in [5, 5.41) is 3.11. The standard InChI is InChI=1S/C20H21FN4O2/c1-24-18-16(6-3-9-22-18)19(27)23-20(24)7-10-25(11-8-20)17(26)13-14-4-2-5-15(21)12-14/h2-6,9,12H,7-8,10-11,13H2,1H3,(H,23,27). The quantitative estimate of drug-likeness (QED) is 0.880. The lowest BCUT2D eigenvalue weighted by atomic mass is 9.91. The summed E-state index contributed by atoms with van der Waals surface area (Å²) in [6.45, 7) is 1.06. The monoisotopic (exact) mass is 368 g/mol. The normalized spacial score (nSPS) is 18.2. The van der Waals surface area contributed by atoms with Crippen molar-refractivity contribution in [2.75, 3.05) is 25.0 Å². The number of anilines is 1. The molecule has 2 aliphatic rings. The number of hydrogen-bond acceptors (Lipinski definition) is 4. The Bertz CT molecular complexity index is 893. The van der Waals surface area contributed by atoms with Crippen LogP contribution in [0.3, 0.4) is 0 Å². The van der Waals surface area contributed by atoms with Gasteiger partial charge in [0, 0.05) is 39.2 Å². The van der Waals surface area contributed by atoms with E-state index in [9.17, 15) is 14.0 Å². The fourth-order valence-corrected chi connectivity index (χ4v) is 3.93.